The third-order valence-electron chi connectivity index (χ3n) is 2.96. The number of hydrogen-bond acceptors (Lipinski definition) is 6. The largest absolute Gasteiger partial charge is 0.464 e. The molecular formula is C13H17N3OS2. The second kappa shape index (κ2) is 6.07. The van der Waals surface area contributed by atoms with Crippen LogP contribution < -0.4 is 5.32 Å². The normalized spacial score (nSPS) is 15.0. The van der Waals surface area contributed by atoms with Gasteiger partial charge >= 0.3 is 0 Å². The molecule has 0 spiro atoms. The van der Waals surface area contributed by atoms with Gasteiger partial charge in [-0.15, -0.1) is 0 Å². The summed E-state index contributed by atoms with van der Waals surface area (Å²) < 4.78 is 11.1. The monoisotopic (exact) mass is 295 g/mol. The smallest absolute Gasteiger partial charge is 0.170 e. The molecule has 0 bridgehead atoms. The third-order valence-corrected chi connectivity index (χ3v) is 4.86. The molecule has 2 aromatic rings. The van der Waals surface area contributed by atoms with Crippen LogP contribution in [0.5, 0.6) is 0 Å². The molecule has 2 heterocycles. The van der Waals surface area contributed by atoms with Gasteiger partial charge < -0.3 is 9.73 Å². The zero-order chi connectivity index (χ0) is 13.1. The maximum atomic E-state index is 5.79. The van der Waals surface area contributed by atoms with Crippen LogP contribution in [0.3, 0.4) is 0 Å². The predicted octanol–water partition coefficient (Wildman–Crippen LogP) is 3.24. The lowest BCUT2D eigenvalue weighted by Gasteiger charge is -1.98. The summed E-state index contributed by atoms with van der Waals surface area (Å²) in [4.78, 5) is 4.43. The molecule has 102 valence electrons. The first-order valence-electron chi connectivity index (χ1n) is 6.60. The maximum Gasteiger partial charge on any atom is 0.170 e. The summed E-state index contributed by atoms with van der Waals surface area (Å²) in [5, 5.41) is 3.45. The van der Waals surface area contributed by atoms with Gasteiger partial charge in [0, 0.05) is 12.5 Å². The van der Waals surface area contributed by atoms with Gasteiger partial charge in [-0.2, -0.15) is 4.37 Å². The number of aromatic nitrogens is 2. The first-order valence-corrected chi connectivity index (χ1v) is 8.35. The van der Waals surface area contributed by atoms with Crippen LogP contribution in [-0.2, 0) is 18.7 Å². The summed E-state index contributed by atoms with van der Waals surface area (Å²) >= 11 is 3.16. The van der Waals surface area contributed by atoms with Crippen molar-refractivity contribution in [1.29, 1.82) is 0 Å². The van der Waals surface area contributed by atoms with E-state index in [1.807, 2.05) is 0 Å². The Morgan fingerprint density at radius 3 is 3.00 bits per heavy atom. The van der Waals surface area contributed by atoms with Crippen LogP contribution in [0.15, 0.2) is 20.9 Å². The van der Waals surface area contributed by atoms with Gasteiger partial charge in [0.05, 0.1) is 12.3 Å². The molecule has 0 saturated heterocycles. The van der Waals surface area contributed by atoms with Crippen LogP contribution in [0.2, 0.25) is 0 Å². The third kappa shape index (κ3) is 3.81. The Hall–Kier alpha value is -0.850. The van der Waals surface area contributed by atoms with Gasteiger partial charge in [-0.1, -0.05) is 18.7 Å². The minimum absolute atomic E-state index is 0.719. The lowest BCUT2D eigenvalue weighted by Crippen LogP contribution is -2.14. The fourth-order valence-corrected chi connectivity index (χ4v) is 3.29. The van der Waals surface area contributed by atoms with Gasteiger partial charge in [-0.3, -0.25) is 0 Å². The van der Waals surface area contributed by atoms with E-state index in [0.717, 1.165) is 46.4 Å². The van der Waals surface area contributed by atoms with E-state index in [2.05, 4.69) is 33.7 Å². The van der Waals surface area contributed by atoms with Crippen molar-refractivity contribution in [2.45, 2.75) is 48.9 Å². The molecule has 6 heteroatoms. The molecule has 1 fully saturated rings. The quantitative estimate of drug-likeness (QED) is 0.795. The van der Waals surface area contributed by atoms with Crippen molar-refractivity contribution < 1.29 is 4.42 Å². The molecule has 1 aliphatic rings. The number of nitrogens with zero attached hydrogens (tertiary/aromatic N) is 2. The Bertz CT molecular complexity index is 533. The lowest BCUT2D eigenvalue weighted by atomic mass is 10.4. The highest BCUT2D eigenvalue weighted by molar-refractivity contribution is 8.00. The van der Waals surface area contributed by atoms with Gasteiger partial charge in [0.1, 0.15) is 17.3 Å². The van der Waals surface area contributed by atoms with Gasteiger partial charge in [-0.05, 0) is 36.5 Å². The topological polar surface area (TPSA) is 51.0 Å². The molecule has 1 saturated carbocycles. The number of furan rings is 1. The van der Waals surface area contributed by atoms with E-state index >= 15 is 0 Å². The van der Waals surface area contributed by atoms with Crippen molar-refractivity contribution in [3.63, 3.8) is 0 Å². The molecule has 0 radical (unpaired) electrons. The van der Waals surface area contributed by atoms with E-state index in [4.69, 9.17) is 4.42 Å². The molecule has 19 heavy (non-hydrogen) atoms. The SMILES string of the molecule is CCc1nsc(SCc2ccc(CNC3CC3)o2)n1. The molecule has 2 aromatic heterocycles. The van der Waals surface area contributed by atoms with E-state index in [0.29, 0.717) is 0 Å². The maximum absolute atomic E-state index is 5.79. The molecule has 0 unspecified atom stereocenters. The van der Waals surface area contributed by atoms with Crippen LogP contribution in [0.4, 0.5) is 0 Å². The van der Waals surface area contributed by atoms with E-state index < -0.39 is 0 Å². The lowest BCUT2D eigenvalue weighted by molar-refractivity contribution is 0.458. The number of nitrogens with one attached hydrogen (secondary N) is 1. The zero-order valence-corrected chi connectivity index (χ0v) is 12.5. The van der Waals surface area contributed by atoms with E-state index in [1.54, 1.807) is 11.8 Å². The van der Waals surface area contributed by atoms with Crippen molar-refractivity contribution in [3.05, 3.63) is 29.5 Å². The summed E-state index contributed by atoms with van der Waals surface area (Å²) in [6.07, 6.45) is 3.51. The second-order valence-electron chi connectivity index (χ2n) is 4.64. The fraction of sp³-hybridized carbons (Fsp3) is 0.538. The highest BCUT2D eigenvalue weighted by atomic mass is 32.2. The molecule has 1 aliphatic carbocycles. The Balaban J connectivity index is 1.48. The Labute approximate surface area is 121 Å². The van der Waals surface area contributed by atoms with Gasteiger partial charge in [0.25, 0.3) is 0 Å². The van der Waals surface area contributed by atoms with Gasteiger partial charge in [0.2, 0.25) is 0 Å². The van der Waals surface area contributed by atoms with Crippen molar-refractivity contribution >= 4 is 23.3 Å². The number of thioether (sulfide) groups is 1. The Morgan fingerprint density at radius 2 is 2.26 bits per heavy atom. The first-order chi connectivity index (χ1) is 9.33. The van der Waals surface area contributed by atoms with Crippen LogP contribution >= 0.6 is 23.3 Å². The molecular weight excluding hydrogens is 278 g/mol. The van der Waals surface area contributed by atoms with Gasteiger partial charge in [0.15, 0.2) is 4.34 Å². The predicted molar refractivity (Wildman–Crippen MR) is 77.4 cm³/mol. The zero-order valence-electron chi connectivity index (χ0n) is 10.9. The average molecular weight is 295 g/mol. The van der Waals surface area contributed by atoms with Gasteiger partial charge in [-0.25, -0.2) is 4.98 Å². The van der Waals surface area contributed by atoms with Crippen molar-refractivity contribution in [2.24, 2.45) is 0 Å². The standard InChI is InChI=1S/C13H17N3OS2/c1-2-12-15-13(19-16-12)18-8-11-6-5-10(17-11)7-14-9-3-4-9/h5-6,9,14H,2-4,7-8H2,1H3. The minimum atomic E-state index is 0.719. The van der Waals surface area contributed by atoms with Crippen LogP contribution in [0.25, 0.3) is 0 Å². The van der Waals surface area contributed by atoms with Crippen LogP contribution in [0.1, 0.15) is 37.1 Å². The van der Waals surface area contributed by atoms with Crippen LogP contribution in [0, 0.1) is 0 Å². The van der Waals surface area contributed by atoms with Crippen LogP contribution in [-0.4, -0.2) is 15.4 Å². The van der Waals surface area contributed by atoms with E-state index in [-0.39, 0.29) is 0 Å². The molecule has 3 rings (SSSR count). The molecule has 0 aliphatic heterocycles. The molecule has 1 N–H and O–H groups in total. The molecule has 0 atom stereocenters. The number of hydrogen-bond donors (Lipinski definition) is 1. The van der Waals surface area contributed by atoms with E-state index in [1.165, 1.54) is 24.4 Å². The molecule has 0 amide bonds. The Morgan fingerprint density at radius 1 is 1.42 bits per heavy atom. The number of rotatable bonds is 7. The van der Waals surface area contributed by atoms with Crippen molar-refractivity contribution in [3.8, 4) is 0 Å². The second-order valence-corrected chi connectivity index (χ2v) is 6.62. The highest BCUT2D eigenvalue weighted by Crippen LogP contribution is 2.25. The highest BCUT2D eigenvalue weighted by Gasteiger charge is 2.20. The summed E-state index contributed by atoms with van der Waals surface area (Å²) in [6, 6.07) is 4.83. The first kappa shape index (κ1) is 13.1. The average Bonchev–Trinajstić information content (AvgIpc) is 2.97. The number of aryl methyl sites for hydroxylation is 1. The minimum Gasteiger partial charge on any atom is -0.464 e. The fourth-order valence-electron chi connectivity index (χ4n) is 1.70. The summed E-state index contributed by atoms with van der Waals surface area (Å²) in [5.74, 6) is 3.78. The van der Waals surface area contributed by atoms with Crippen molar-refractivity contribution in [1.82, 2.24) is 14.7 Å². The Kier molecular flexibility index (Phi) is 4.20. The van der Waals surface area contributed by atoms with Crippen molar-refractivity contribution in [2.75, 3.05) is 0 Å². The molecule has 4 nitrogen and oxygen atoms in total. The summed E-state index contributed by atoms with van der Waals surface area (Å²) in [5.41, 5.74) is 0. The summed E-state index contributed by atoms with van der Waals surface area (Å²) in [7, 11) is 0. The molecule has 0 aromatic carbocycles. The van der Waals surface area contributed by atoms with E-state index in [9.17, 15) is 0 Å². The summed E-state index contributed by atoms with van der Waals surface area (Å²) in [6.45, 7) is 2.91.